The molecule has 2 aromatic carbocycles. The lowest BCUT2D eigenvalue weighted by Crippen LogP contribution is -1.82. The largest absolute Gasteiger partial charge is 0.0931 e. The SMILES string of the molecule is Cc1ccc(C#CCc2ccc(C)cc2)cc1. The van der Waals surface area contributed by atoms with Crippen molar-refractivity contribution in [3.8, 4) is 11.8 Å². The molecule has 0 heterocycles. The molecular formula is C17H16. The average molecular weight is 220 g/mol. The van der Waals surface area contributed by atoms with Gasteiger partial charge in [0.05, 0.1) is 0 Å². The maximum absolute atomic E-state index is 3.21. The smallest absolute Gasteiger partial charge is 0.0344 e. The van der Waals surface area contributed by atoms with E-state index in [1.807, 2.05) is 0 Å². The Balaban J connectivity index is 2.03. The third-order valence-corrected chi connectivity index (χ3v) is 2.70. The van der Waals surface area contributed by atoms with Gasteiger partial charge in [0.1, 0.15) is 0 Å². The van der Waals surface area contributed by atoms with E-state index in [2.05, 4.69) is 74.2 Å². The predicted octanol–water partition coefficient (Wildman–Crippen LogP) is 3.90. The van der Waals surface area contributed by atoms with Gasteiger partial charge in [-0.2, -0.15) is 0 Å². The van der Waals surface area contributed by atoms with E-state index in [0.717, 1.165) is 12.0 Å². The van der Waals surface area contributed by atoms with E-state index < -0.39 is 0 Å². The Kier molecular flexibility index (Phi) is 3.62. The van der Waals surface area contributed by atoms with Gasteiger partial charge in [0, 0.05) is 12.0 Å². The van der Waals surface area contributed by atoms with E-state index in [9.17, 15) is 0 Å². The summed E-state index contributed by atoms with van der Waals surface area (Å²) in [5.74, 6) is 6.39. The summed E-state index contributed by atoms with van der Waals surface area (Å²) < 4.78 is 0. The van der Waals surface area contributed by atoms with Crippen molar-refractivity contribution in [1.82, 2.24) is 0 Å². The van der Waals surface area contributed by atoms with Crippen molar-refractivity contribution in [1.29, 1.82) is 0 Å². The summed E-state index contributed by atoms with van der Waals surface area (Å²) in [4.78, 5) is 0. The van der Waals surface area contributed by atoms with Crippen molar-refractivity contribution in [3.63, 3.8) is 0 Å². The predicted molar refractivity (Wildman–Crippen MR) is 72.9 cm³/mol. The summed E-state index contributed by atoms with van der Waals surface area (Å²) in [6, 6.07) is 16.9. The minimum atomic E-state index is 0.814. The summed E-state index contributed by atoms with van der Waals surface area (Å²) in [6.07, 6.45) is 0.814. The van der Waals surface area contributed by atoms with Crippen LogP contribution in [-0.4, -0.2) is 0 Å². The minimum absolute atomic E-state index is 0.814. The van der Waals surface area contributed by atoms with Crippen molar-refractivity contribution in [2.24, 2.45) is 0 Å². The molecule has 17 heavy (non-hydrogen) atoms. The summed E-state index contributed by atoms with van der Waals surface area (Å²) in [5.41, 5.74) is 4.92. The van der Waals surface area contributed by atoms with Crippen LogP contribution in [0, 0.1) is 25.7 Å². The van der Waals surface area contributed by atoms with Gasteiger partial charge in [0.2, 0.25) is 0 Å². The molecule has 0 fully saturated rings. The van der Waals surface area contributed by atoms with Crippen molar-refractivity contribution < 1.29 is 0 Å². The first-order valence-corrected chi connectivity index (χ1v) is 5.85. The molecule has 0 atom stereocenters. The van der Waals surface area contributed by atoms with Gasteiger partial charge < -0.3 is 0 Å². The molecule has 0 spiro atoms. The van der Waals surface area contributed by atoms with E-state index in [-0.39, 0.29) is 0 Å². The Morgan fingerprint density at radius 3 is 1.88 bits per heavy atom. The molecule has 0 heteroatoms. The van der Waals surface area contributed by atoms with Crippen LogP contribution in [0.1, 0.15) is 22.3 Å². The molecule has 0 aromatic heterocycles. The zero-order valence-electron chi connectivity index (χ0n) is 10.3. The molecule has 0 saturated heterocycles. The lowest BCUT2D eigenvalue weighted by Gasteiger charge is -1.95. The Hall–Kier alpha value is -2.00. The molecular weight excluding hydrogens is 204 g/mol. The van der Waals surface area contributed by atoms with Gasteiger partial charge in [-0.05, 0) is 31.5 Å². The summed E-state index contributed by atoms with van der Waals surface area (Å²) in [7, 11) is 0. The fourth-order valence-electron chi connectivity index (χ4n) is 1.59. The quantitative estimate of drug-likeness (QED) is 0.639. The standard InChI is InChI=1S/C17H16/c1-14-6-10-16(11-7-14)4-3-5-17-12-8-15(2)9-13-17/h6-13H,4H2,1-2H3. The number of benzene rings is 2. The van der Waals surface area contributed by atoms with E-state index in [4.69, 9.17) is 0 Å². The van der Waals surface area contributed by atoms with Gasteiger partial charge in [0.15, 0.2) is 0 Å². The molecule has 0 radical (unpaired) electrons. The second kappa shape index (κ2) is 5.37. The highest BCUT2D eigenvalue weighted by Crippen LogP contribution is 2.04. The minimum Gasteiger partial charge on any atom is -0.0931 e. The average Bonchev–Trinajstić information content (AvgIpc) is 2.34. The number of hydrogen-bond donors (Lipinski definition) is 0. The maximum atomic E-state index is 3.21. The third-order valence-electron chi connectivity index (χ3n) is 2.70. The fourth-order valence-corrected chi connectivity index (χ4v) is 1.59. The van der Waals surface area contributed by atoms with Crippen molar-refractivity contribution >= 4 is 0 Å². The zero-order chi connectivity index (χ0) is 12.1. The first-order chi connectivity index (χ1) is 8.24. The fraction of sp³-hybridized carbons (Fsp3) is 0.176. The number of aryl methyl sites for hydroxylation is 2. The number of hydrogen-bond acceptors (Lipinski definition) is 0. The molecule has 0 nitrogen and oxygen atoms in total. The first kappa shape index (κ1) is 11.5. The highest BCUT2D eigenvalue weighted by Gasteiger charge is 1.89. The van der Waals surface area contributed by atoms with E-state index in [1.165, 1.54) is 16.7 Å². The molecule has 0 aliphatic rings. The normalized spacial score (nSPS) is 9.53. The van der Waals surface area contributed by atoms with Crippen molar-refractivity contribution in [3.05, 3.63) is 70.8 Å². The Morgan fingerprint density at radius 1 is 0.765 bits per heavy atom. The number of rotatable bonds is 1. The van der Waals surface area contributed by atoms with Crippen LogP contribution in [0.25, 0.3) is 0 Å². The highest BCUT2D eigenvalue weighted by molar-refractivity contribution is 5.37. The maximum Gasteiger partial charge on any atom is 0.0344 e. The van der Waals surface area contributed by atoms with Crippen LogP contribution in [0.5, 0.6) is 0 Å². The molecule has 0 N–H and O–H groups in total. The van der Waals surface area contributed by atoms with Crippen molar-refractivity contribution in [2.75, 3.05) is 0 Å². The molecule has 0 aliphatic heterocycles. The second-order valence-corrected chi connectivity index (χ2v) is 4.33. The monoisotopic (exact) mass is 220 g/mol. The Labute approximate surface area is 103 Å². The lowest BCUT2D eigenvalue weighted by atomic mass is 10.1. The third kappa shape index (κ3) is 3.50. The summed E-state index contributed by atoms with van der Waals surface area (Å²) in [6.45, 7) is 4.19. The van der Waals surface area contributed by atoms with Gasteiger partial charge in [-0.25, -0.2) is 0 Å². The molecule has 0 aliphatic carbocycles. The van der Waals surface area contributed by atoms with Gasteiger partial charge >= 0.3 is 0 Å². The summed E-state index contributed by atoms with van der Waals surface area (Å²) in [5, 5.41) is 0. The van der Waals surface area contributed by atoms with E-state index in [0.29, 0.717) is 0 Å². The second-order valence-electron chi connectivity index (χ2n) is 4.33. The van der Waals surface area contributed by atoms with Gasteiger partial charge in [-0.1, -0.05) is 59.4 Å². The van der Waals surface area contributed by atoms with E-state index in [1.54, 1.807) is 0 Å². The molecule has 84 valence electrons. The van der Waals surface area contributed by atoms with Crippen LogP contribution >= 0.6 is 0 Å². The molecule has 0 saturated carbocycles. The van der Waals surface area contributed by atoms with E-state index >= 15 is 0 Å². The zero-order valence-corrected chi connectivity index (χ0v) is 10.3. The molecule has 0 unspecified atom stereocenters. The van der Waals surface area contributed by atoms with Crippen LogP contribution in [0.3, 0.4) is 0 Å². The van der Waals surface area contributed by atoms with Crippen LogP contribution in [0.4, 0.5) is 0 Å². The van der Waals surface area contributed by atoms with Gasteiger partial charge in [0.25, 0.3) is 0 Å². The van der Waals surface area contributed by atoms with Gasteiger partial charge in [-0.3, -0.25) is 0 Å². The molecule has 2 rings (SSSR count). The van der Waals surface area contributed by atoms with Crippen LogP contribution in [-0.2, 0) is 6.42 Å². The van der Waals surface area contributed by atoms with Crippen LogP contribution in [0.15, 0.2) is 48.5 Å². The van der Waals surface area contributed by atoms with Crippen LogP contribution < -0.4 is 0 Å². The molecule has 2 aromatic rings. The van der Waals surface area contributed by atoms with Crippen LogP contribution in [0.2, 0.25) is 0 Å². The molecule has 0 bridgehead atoms. The highest BCUT2D eigenvalue weighted by atomic mass is 13.9. The lowest BCUT2D eigenvalue weighted by molar-refractivity contribution is 1.30. The Morgan fingerprint density at radius 2 is 1.29 bits per heavy atom. The molecule has 0 amide bonds. The Bertz CT molecular complexity index is 533. The topological polar surface area (TPSA) is 0 Å². The summed E-state index contributed by atoms with van der Waals surface area (Å²) >= 11 is 0. The first-order valence-electron chi connectivity index (χ1n) is 5.85. The van der Waals surface area contributed by atoms with Crippen molar-refractivity contribution in [2.45, 2.75) is 20.3 Å². The van der Waals surface area contributed by atoms with Gasteiger partial charge in [-0.15, -0.1) is 0 Å².